The molecule has 0 aromatic heterocycles. The van der Waals surface area contributed by atoms with Crippen molar-refractivity contribution in [1.29, 1.82) is 0 Å². The molecule has 0 aliphatic heterocycles. The maximum Gasteiger partial charge on any atom is 0.240 e. The molecule has 2 unspecified atom stereocenters. The summed E-state index contributed by atoms with van der Waals surface area (Å²) >= 11 is 0. The lowest BCUT2D eigenvalue weighted by atomic mass is 9.98. The van der Waals surface area contributed by atoms with Crippen LogP contribution in [0, 0.1) is 0 Å². The summed E-state index contributed by atoms with van der Waals surface area (Å²) in [6, 6.07) is 5.26. The van der Waals surface area contributed by atoms with Crippen LogP contribution in [-0.2, 0) is 4.79 Å². The molecule has 0 heterocycles. The number of hydrogen-bond donors (Lipinski definition) is 2. The first-order chi connectivity index (χ1) is 9.35. The van der Waals surface area contributed by atoms with Crippen LogP contribution in [0.2, 0.25) is 0 Å². The Kier molecular flexibility index (Phi) is 5.39. The van der Waals surface area contributed by atoms with Gasteiger partial charge in [-0.05, 0) is 38.5 Å². The number of hydrogen-bond acceptors (Lipinski definition) is 4. The molecule has 3 N–H and O–H groups in total. The molecule has 1 rings (SSSR count). The summed E-state index contributed by atoms with van der Waals surface area (Å²) in [6.45, 7) is 5.50. The Morgan fingerprint density at radius 1 is 1.40 bits per heavy atom. The van der Waals surface area contributed by atoms with Crippen molar-refractivity contribution in [3.8, 4) is 11.5 Å². The lowest BCUT2D eigenvalue weighted by Gasteiger charge is -2.25. The van der Waals surface area contributed by atoms with Gasteiger partial charge in [0.1, 0.15) is 11.5 Å². The number of ether oxygens (including phenoxy) is 2. The molecule has 0 spiro atoms. The fraction of sp³-hybridized carbons (Fsp3) is 0.533. The monoisotopic (exact) mass is 280 g/mol. The van der Waals surface area contributed by atoms with E-state index in [1.54, 1.807) is 21.1 Å². The fourth-order valence-corrected chi connectivity index (χ4v) is 1.78. The summed E-state index contributed by atoms with van der Waals surface area (Å²) in [5.74, 6) is 1.24. The maximum atomic E-state index is 12.1. The third-order valence-electron chi connectivity index (χ3n) is 3.50. The van der Waals surface area contributed by atoms with E-state index in [2.05, 4.69) is 5.32 Å². The van der Waals surface area contributed by atoms with Crippen LogP contribution in [0.4, 0.5) is 0 Å². The van der Waals surface area contributed by atoms with Crippen molar-refractivity contribution in [3.63, 3.8) is 0 Å². The van der Waals surface area contributed by atoms with Crippen LogP contribution in [0.1, 0.15) is 38.8 Å². The summed E-state index contributed by atoms with van der Waals surface area (Å²) in [5, 5.41) is 2.91. The van der Waals surface area contributed by atoms with E-state index >= 15 is 0 Å². The molecule has 1 amide bonds. The highest BCUT2D eigenvalue weighted by Crippen LogP contribution is 2.29. The zero-order valence-corrected chi connectivity index (χ0v) is 12.8. The number of nitrogens with one attached hydrogen (secondary N) is 1. The largest absolute Gasteiger partial charge is 0.497 e. The van der Waals surface area contributed by atoms with Crippen molar-refractivity contribution in [2.45, 2.75) is 38.8 Å². The Hall–Kier alpha value is -1.75. The van der Waals surface area contributed by atoms with Crippen LogP contribution in [0.15, 0.2) is 18.2 Å². The van der Waals surface area contributed by atoms with Gasteiger partial charge in [-0.15, -0.1) is 0 Å². The Bertz CT molecular complexity index is 472. The lowest BCUT2D eigenvalue weighted by Crippen LogP contribution is -2.51. The van der Waals surface area contributed by atoms with Crippen molar-refractivity contribution in [3.05, 3.63) is 23.8 Å². The molecule has 5 nitrogen and oxygen atoms in total. The van der Waals surface area contributed by atoms with E-state index in [1.165, 1.54) is 0 Å². The number of amides is 1. The zero-order valence-electron chi connectivity index (χ0n) is 12.8. The molecule has 1 aromatic rings. The summed E-state index contributed by atoms with van der Waals surface area (Å²) in [5.41, 5.74) is 5.92. The van der Waals surface area contributed by atoms with Crippen molar-refractivity contribution in [1.82, 2.24) is 5.32 Å². The topological polar surface area (TPSA) is 73.6 Å². The van der Waals surface area contributed by atoms with Gasteiger partial charge in [-0.1, -0.05) is 6.92 Å². The van der Waals surface area contributed by atoms with E-state index in [0.717, 1.165) is 5.56 Å². The summed E-state index contributed by atoms with van der Waals surface area (Å²) in [6.07, 6.45) is 0.570. The molecular weight excluding hydrogens is 256 g/mol. The molecule has 5 heteroatoms. The van der Waals surface area contributed by atoms with Gasteiger partial charge in [-0.3, -0.25) is 4.79 Å². The van der Waals surface area contributed by atoms with Crippen LogP contribution < -0.4 is 20.5 Å². The molecule has 0 radical (unpaired) electrons. The van der Waals surface area contributed by atoms with E-state index in [0.29, 0.717) is 17.9 Å². The summed E-state index contributed by atoms with van der Waals surface area (Å²) in [7, 11) is 3.20. The van der Waals surface area contributed by atoms with Gasteiger partial charge < -0.3 is 20.5 Å². The van der Waals surface area contributed by atoms with Crippen LogP contribution in [0.3, 0.4) is 0 Å². The second-order valence-electron chi connectivity index (χ2n) is 5.07. The van der Waals surface area contributed by atoms with E-state index in [1.807, 2.05) is 32.0 Å². The van der Waals surface area contributed by atoms with Crippen molar-refractivity contribution < 1.29 is 14.3 Å². The maximum absolute atomic E-state index is 12.1. The Morgan fingerprint density at radius 2 is 2.05 bits per heavy atom. The average Bonchev–Trinajstić information content (AvgIpc) is 2.46. The van der Waals surface area contributed by atoms with E-state index in [-0.39, 0.29) is 11.9 Å². The number of methoxy groups -OCH3 is 2. The predicted octanol–water partition coefficient (Wildman–Crippen LogP) is 2.01. The fourth-order valence-electron chi connectivity index (χ4n) is 1.78. The normalized spacial score (nSPS) is 15.1. The Labute approximate surface area is 120 Å². The lowest BCUT2D eigenvalue weighted by molar-refractivity contribution is -0.126. The first kappa shape index (κ1) is 16.3. The van der Waals surface area contributed by atoms with Crippen LogP contribution in [0.5, 0.6) is 11.5 Å². The standard InChI is InChI=1S/C15H24N2O3/c1-6-15(3,16)14(18)17-10(2)12-9-11(19-4)7-8-13(12)20-5/h7-10H,6,16H2,1-5H3,(H,17,18). The molecule has 0 fully saturated rings. The molecular formula is C15H24N2O3. The molecule has 112 valence electrons. The third kappa shape index (κ3) is 3.63. The molecule has 0 aliphatic carbocycles. The minimum atomic E-state index is -0.875. The second-order valence-corrected chi connectivity index (χ2v) is 5.07. The molecule has 0 saturated carbocycles. The third-order valence-corrected chi connectivity index (χ3v) is 3.50. The minimum absolute atomic E-state index is 0.183. The molecule has 20 heavy (non-hydrogen) atoms. The van der Waals surface area contributed by atoms with E-state index in [4.69, 9.17) is 15.2 Å². The van der Waals surface area contributed by atoms with Gasteiger partial charge in [0, 0.05) is 5.56 Å². The molecule has 2 atom stereocenters. The second kappa shape index (κ2) is 6.61. The first-order valence-electron chi connectivity index (χ1n) is 6.67. The number of carbonyl (C=O) groups is 1. The van der Waals surface area contributed by atoms with Gasteiger partial charge in [0.2, 0.25) is 5.91 Å². The van der Waals surface area contributed by atoms with Crippen LogP contribution in [0.25, 0.3) is 0 Å². The zero-order chi connectivity index (χ0) is 15.3. The van der Waals surface area contributed by atoms with Gasteiger partial charge >= 0.3 is 0 Å². The van der Waals surface area contributed by atoms with Gasteiger partial charge in [0.05, 0.1) is 25.8 Å². The Morgan fingerprint density at radius 3 is 2.55 bits per heavy atom. The first-order valence-corrected chi connectivity index (χ1v) is 6.67. The SMILES string of the molecule is CCC(C)(N)C(=O)NC(C)c1cc(OC)ccc1OC. The highest BCUT2D eigenvalue weighted by atomic mass is 16.5. The van der Waals surface area contributed by atoms with Crippen molar-refractivity contribution in [2.24, 2.45) is 5.73 Å². The van der Waals surface area contributed by atoms with E-state index in [9.17, 15) is 4.79 Å². The van der Waals surface area contributed by atoms with Crippen molar-refractivity contribution >= 4 is 5.91 Å². The summed E-state index contributed by atoms with van der Waals surface area (Å²) < 4.78 is 10.5. The van der Waals surface area contributed by atoms with E-state index < -0.39 is 5.54 Å². The van der Waals surface area contributed by atoms with Gasteiger partial charge in [-0.25, -0.2) is 0 Å². The highest BCUT2D eigenvalue weighted by molar-refractivity contribution is 5.85. The number of carbonyl (C=O) groups excluding carboxylic acids is 1. The predicted molar refractivity (Wildman–Crippen MR) is 79.0 cm³/mol. The quantitative estimate of drug-likeness (QED) is 0.836. The van der Waals surface area contributed by atoms with Crippen LogP contribution >= 0.6 is 0 Å². The highest BCUT2D eigenvalue weighted by Gasteiger charge is 2.28. The summed E-state index contributed by atoms with van der Waals surface area (Å²) in [4.78, 5) is 12.1. The molecule has 0 bridgehead atoms. The Balaban J connectivity index is 2.96. The smallest absolute Gasteiger partial charge is 0.240 e. The number of benzene rings is 1. The van der Waals surface area contributed by atoms with Gasteiger partial charge in [0.25, 0.3) is 0 Å². The molecule has 0 aliphatic rings. The minimum Gasteiger partial charge on any atom is -0.497 e. The average molecular weight is 280 g/mol. The van der Waals surface area contributed by atoms with Crippen LogP contribution in [-0.4, -0.2) is 25.7 Å². The van der Waals surface area contributed by atoms with Gasteiger partial charge in [-0.2, -0.15) is 0 Å². The number of rotatable bonds is 6. The van der Waals surface area contributed by atoms with Gasteiger partial charge in [0.15, 0.2) is 0 Å². The molecule has 1 aromatic carbocycles. The molecule has 0 saturated heterocycles. The van der Waals surface area contributed by atoms with Crippen molar-refractivity contribution in [2.75, 3.05) is 14.2 Å². The number of nitrogens with two attached hydrogens (primary N) is 1.